The molecule has 2 unspecified atom stereocenters. The number of hydrogen-bond donors (Lipinski definition) is 1. The van der Waals surface area contributed by atoms with Gasteiger partial charge in [-0.25, -0.2) is 0 Å². The Morgan fingerprint density at radius 2 is 1.92 bits per heavy atom. The molecule has 134 valence electrons. The van der Waals surface area contributed by atoms with Crippen LogP contribution < -0.4 is 19.5 Å². The lowest BCUT2D eigenvalue weighted by Gasteiger charge is -2.30. The van der Waals surface area contributed by atoms with Gasteiger partial charge in [-0.05, 0) is 37.3 Å². The van der Waals surface area contributed by atoms with Gasteiger partial charge in [-0.1, -0.05) is 46.0 Å². The average Bonchev–Trinajstić information content (AvgIpc) is 2.64. The molecule has 0 saturated heterocycles. The van der Waals surface area contributed by atoms with Gasteiger partial charge in [0.25, 0.3) is 5.91 Å². The first-order valence-electron chi connectivity index (χ1n) is 8.17. The number of ether oxygens (including phenoxy) is 3. The maximum atomic E-state index is 12.3. The molecular formula is C20H18BrNO4. The third kappa shape index (κ3) is 4.70. The molecule has 1 N–H and O–H groups in total. The molecule has 2 aromatic carbocycles. The third-order valence-electron chi connectivity index (χ3n) is 3.68. The highest BCUT2D eigenvalue weighted by molar-refractivity contribution is 9.10. The van der Waals surface area contributed by atoms with Crippen LogP contribution in [0, 0.1) is 11.8 Å². The van der Waals surface area contributed by atoms with Gasteiger partial charge >= 0.3 is 0 Å². The summed E-state index contributed by atoms with van der Waals surface area (Å²) < 4.78 is 17.9. The van der Waals surface area contributed by atoms with E-state index in [2.05, 4.69) is 33.1 Å². The van der Waals surface area contributed by atoms with Gasteiger partial charge in [0.1, 0.15) is 18.5 Å². The van der Waals surface area contributed by atoms with Crippen molar-refractivity contribution in [2.24, 2.45) is 0 Å². The smallest absolute Gasteiger partial charge is 0.265 e. The van der Waals surface area contributed by atoms with E-state index in [0.717, 1.165) is 10.2 Å². The van der Waals surface area contributed by atoms with E-state index in [1.54, 1.807) is 13.0 Å². The van der Waals surface area contributed by atoms with Crippen LogP contribution in [0.25, 0.3) is 0 Å². The van der Waals surface area contributed by atoms with E-state index in [1.165, 1.54) is 0 Å². The van der Waals surface area contributed by atoms with Crippen LogP contribution in [-0.4, -0.2) is 31.3 Å². The molecule has 0 spiro atoms. The van der Waals surface area contributed by atoms with E-state index < -0.39 is 6.10 Å². The van der Waals surface area contributed by atoms with Crippen LogP contribution in [0.15, 0.2) is 53.0 Å². The van der Waals surface area contributed by atoms with E-state index in [9.17, 15) is 4.79 Å². The van der Waals surface area contributed by atoms with Crippen LogP contribution in [0.3, 0.4) is 0 Å². The first-order valence-corrected chi connectivity index (χ1v) is 8.97. The van der Waals surface area contributed by atoms with Crippen LogP contribution in [0.5, 0.6) is 17.2 Å². The predicted octanol–water partition coefficient (Wildman–Crippen LogP) is 3.18. The van der Waals surface area contributed by atoms with Crippen molar-refractivity contribution in [1.29, 1.82) is 0 Å². The van der Waals surface area contributed by atoms with E-state index >= 15 is 0 Å². The molecule has 1 aliphatic rings. The van der Waals surface area contributed by atoms with E-state index in [-0.39, 0.29) is 25.2 Å². The van der Waals surface area contributed by atoms with Crippen molar-refractivity contribution in [2.45, 2.75) is 19.1 Å². The third-order valence-corrected chi connectivity index (χ3v) is 4.18. The average molecular weight is 416 g/mol. The van der Waals surface area contributed by atoms with Crippen LogP contribution in [-0.2, 0) is 4.79 Å². The van der Waals surface area contributed by atoms with E-state index in [0.29, 0.717) is 11.5 Å². The molecule has 0 aromatic heterocycles. The lowest BCUT2D eigenvalue weighted by molar-refractivity contribution is -0.133. The summed E-state index contributed by atoms with van der Waals surface area (Å²) in [5.41, 5.74) is 0. The minimum atomic E-state index is -0.704. The molecule has 6 heteroatoms. The number of amides is 1. The van der Waals surface area contributed by atoms with Gasteiger partial charge in [0.2, 0.25) is 6.10 Å². The lowest BCUT2D eigenvalue weighted by Crippen LogP contribution is -2.49. The number of rotatable bonds is 4. The number of benzene rings is 2. The summed E-state index contributed by atoms with van der Waals surface area (Å²) >= 11 is 3.38. The lowest BCUT2D eigenvalue weighted by atomic mass is 10.1. The monoisotopic (exact) mass is 415 g/mol. The summed E-state index contributed by atoms with van der Waals surface area (Å²) in [4.78, 5) is 12.3. The second-order valence-corrected chi connectivity index (χ2v) is 6.54. The summed E-state index contributed by atoms with van der Waals surface area (Å²) in [6.45, 7) is 2.27. The number of carbonyl (C=O) groups excluding carboxylic acids is 1. The van der Waals surface area contributed by atoms with Gasteiger partial charge in [0.15, 0.2) is 11.5 Å². The molecular weight excluding hydrogens is 398 g/mol. The molecule has 1 aliphatic heterocycles. The van der Waals surface area contributed by atoms with Gasteiger partial charge in [-0.3, -0.25) is 4.79 Å². The second kappa shape index (κ2) is 8.63. The highest BCUT2D eigenvalue weighted by Gasteiger charge is 2.33. The quantitative estimate of drug-likeness (QED) is 0.779. The highest BCUT2D eigenvalue weighted by Crippen LogP contribution is 2.33. The fraction of sp³-hybridized carbons (Fsp3) is 0.250. The first-order chi connectivity index (χ1) is 12.6. The molecule has 5 nitrogen and oxygen atoms in total. The Kier molecular flexibility index (Phi) is 6.03. The SMILES string of the molecule is CC1Oc2ccccc2OC1C(=O)NCC#CCOc1cccc(Br)c1. The maximum absolute atomic E-state index is 12.3. The Labute approximate surface area is 160 Å². The predicted molar refractivity (Wildman–Crippen MR) is 101 cm³/mol. The summed E-state index contributed by atoms with van der Waals surface area (Å²) in [6.07, 6.45) is -1.08. The zero-order valence-corrected chi connectivity index (χ0v) is 15.8. The van der Waals surface area contributed by atoms with Crippen LogP contribution in [0.4, 0.5) is 0 Å². The Morgan fingerprint density at radius 1 is 1.15 bits per heavy atom. The zero-order valence-electron chi connectivity index (χ0n) is 14.2. The van der Waals surface area contributed by atoms with Crippen molar-refractivity contribution in [3.8, 4) is 29.1 Å². The van der Waals surface area contributed by atoms with Gasteiger partial charge in [-0.15, -0.1) is 0 Å². The Hall–Kier alpha value is -2.65. The molecule has 0 bridgehead atoms. The first kappa shape index (κ1) is 18.2. The van der Waals surface area contributed by atoms with Crippen molar-refractivity contribution >= 4 is 21.8 Å². The fourth-order valence-corrected chi connectivity index (χ4v) is 2.81. The maximum Gasteiger partial charge on any atom is 0.265 e. The summed E-state index contributed by atoms with van der Waals surface area (Å²) in [6, 6.07) is 14.8. The van der Waals surface area contributed by atoms with Crippen LogP contribution >= 0.6 is 15.9 Å². The molecule has 0 aliphatic carbocycles. The number of hydrogen-bond acceptors (Lipinski definition) is 4. The topological polar surface area (TPSA) is 56.8 Å². The second-order valence-electron chi connectivity index (χ2n) is 5.63. The van der Waals surface area contributed by atoms with Gasteiger partial charge in [0, 0.05) is 4.47 Å². The van der Waals surface area contributed by atoms with Crippen molar-refractivity contribution in [3.63, 3.8) is 0 Å². The number of carbonyl (C=O) groups is 1. The molecule has 0 fully saturated rings. The Morgan fingerprint density at radius 3 is 2.69 bits per heavy atom. The number of fused-ring (bicyclic) bond motifs is 1. The molecule has 2 atom stereocenters. The minimum absolute atomic E-state index is 0.217. The number of halogens is 1. The van der Waals surface area contributed by atoms with Crippen molar-refractivity contribution in [1.82, 2.24) is 5.32 Å². The van der Waals surface area contributed by atoms with Gasteiger partial charge in [-0.2, -0.15) is 0 Å². The fourth-order valence-electron chi connectivity index (χ4n) is 2.43. The summed E-state index contributed by atoms with van der Waals surface area (Å²) in [5.74, 6) is 7.42. The number of para-hydroxylation sites is 2. The normalized spacial score (nSPS) is 17.6. The molecule has 0 radical (unpaired) electrons. The highest BCUT2D eigenvalue weighted by atomic mass is 79.9. The largest absolute Gasteiger partial charge is 0.482 e. The summed E-state index contributed by atoms with van der Waals surface area (Å²) in [7, 11) is 0. The minimum Gasteiger partial charge on any atom is -0.482 e. The molecule has 0 saturated carbocycles. The molecule has 1 amide bonds. The molecule has 26 heavy (non-hydrogen) atoms. The Balaban J connectivity index is 1.45. The summed E-state index contributed by atoms with van der Waals surface area (Å²) in [5, 5.41) is 2.74. The number of nitrogens with one attached hydrogen (secondary N) is 1. The van der Waals surface area contributed by atoms with Crippen LogP contribution in [0.2, 0.25) is 0 Å². The van der Waals surface area contributed by atoms with Crippen molar-refractivity contribution in [2.75, 3.05) is 13.2 Å². The molecule has 2 aromatic rings. The molecule has 1 heterocycles. The van der Waals surface area contributed by atoms with E-state index in [4.69, 9.17) is 14.2 Å². The standard InChI is InChI=1S/C20H18BrNO4/c1-14-19(26-18-10-3-2-9-17(18)25-14)20(23)22-11-4-5-12-24-16-8-6-7-15(21)13-16/h2-3,6-10,13-14,19H,11-12H2,1H3,(H,22,23). The van der Waals surface area contributed by atoms with Gasteiger partial charge < -0.3 is 19.5 Å². The molecule has 3 rings (SSSR count). The van der Waals surface area contributed by atoms with E-state index in [1.807, 2.05) is 42.5 Å². The van der Waals surface area contributed by atoms with Crippen molar-refractivity contribution < 1.29 is 19.0 Å². The Bertz CT molecular complexity index is 843. The zero-order chi connectivity index (χ0) is 18.4. The van der Waals surface area contributed by atoms with Gasteiger partial charge in [0.05, 0.1) is 6.54 Å². The van der Waals surface area contributed by atoms with Crippen LogP contribution in [0.1, 0.15) is 6.92 Å². The van der Waals surface area contributed by atoms with Crippen molar-refractivity contribution in [3.05, 3.63) is 53.0 Å².